The normalized spacial score (nSPS) is 11.9. The van der Waals surface area contributed by atoms with Gasteiger partial charge in [-0.1, -0.05) is 11.6 Å². The highest BCUT2D eigenvalue weighted by atomic mass is 127. The van der Waals surface area contributed by atoms with Crippen molar-refractivity contribution < 1.29 is 18.0 Å². The van der Waals surface area contributed by atoms with Crippen LogP contribution in [0.2, 0.25) is 5.02 Å². The lowest BCUT2D eigenvalue weighted by Crippen LogP contribution is -2.42. The topological polar surface area (TPSA) is 86.9 Å². The molecule has 13 heteroatoms. The molecule has 2 heterocycles. The Balaban J connectivity index is 0.00000364. The van der Waals surface area contributed by atoms with Gasteiger partial charge in [0.15, 0.2) is 17.4 Å². The average Bonchev–Trinajstić information content (AvgIpc) is 2.97. The fraction of sp³-hybridized carbons (Fsp3) is 0.429. The highest BCUT2D eigenvalue weighted by Gasteiger charge is 2.32. The maximum atomic E-state index is 13.0. The lowest BCUT2D eigenvalue weighted by molar-refractivity contribution is -0.137. The zero-order valence-electron chi connectivity index (χ0n) is 14.6. The number of carbonyl (C=O) groups is 1. The highest BCUT2D eigenvalue weighted by Crippen LogP contribution is 2.32. The van der Waals surface area contributed by atoms with E-state index in [1.54, 1.807) is 14.1 Å². The minimum absolute atomic E-state index is 0. The Morgan fingerprint density at radius 2 is 2.00 bits per heavy atom. The number of nitrogens with zero attached hydrogens (tertiary/aromatic N) is 5. The molecule has 2 rings (SSSR count). The van der Waals surface area contributed by atoms with Crippen LogP contribution in [0.3, 0.4) is 0 Å². The summed E-state index contributed by atoms with van der Waals surface area (Å²) in [5.74, 6) is 0.326. The molecule has 0 unspecified atom stereocenters. The minimum Gasteiger partial charge on any atom is -0.349 e. The molecule has 2 N–H and O–H groups in total. The molecule has 0 aromatic carbocycles. The predicted octanol–water partition coefficient (Wildman–Crippen LogP) is 1.77. The third-order valence-electron chi connectivity index (χ3n) is 3.40. The van der Waals surface area contributed by atoms with Crippen LogP contribution < -0.4 is 10.6 Å². The van der Waals surface area contributed by atoms with Gasteiger partial charge in [0.2, 0.25) is 5.91 Å². The summed E-state index contributed by atoms with van der Waals surface area (Å²) < 4.78 is 40.0. The molecule has 150 valence electrons. The molecule has 0 spiro atoms. The number of pyridine rings is 1. The number of amides is 1. The lowest BCUT2D eigenvalue weighted by Gasteiger charge is -2.14. The molecule has 0 aliphatic heterocycles. The Morgan fingerprint density at radius 3 is 2.56 bits per heavy atom. The second kappa shape index (κ2) is 9.39. The van der Waals surface area contributed by atoms with Gasteiger partial charge in [-0.25, -0.2) is 0 Å². The molecule has 0 radical (unpaired) electrons. The van der Waals surface area contributed by atoms with Crippen molar-refractivity contribution in [3.63, 3.8) is 0 Å². The Bertz CT molecular complexity index is 838. The van der Waals surface area contributed by atoms with Crippen LogP contribution in [0.25, 0.3) is 5.65 Å². The van der Waals surface area contributed by atoms with Crippen LogP contribution in [0.4, 0.5) is 13.2 Å². The Hall–Kier alpha value is -1.83. The van der Waals surface area contributed by atoms with E-state index in [0.29, 0.717) is 0 Å². The Kier molecular flexibility index (Phi) is 8.07. The van der Waals surface area contributed by atoms with Gasteiger partial charge in [0, 0.05) is 27.3 Å². The van der Waals surface area contributed by atoms with Crippen LogP contribution in [0.5, 0.6) is 0 Å². The van der Waals surface area contributed by atoms with Crippen molar-refractivity contribution in [2.24, 2.45) is 4.99 Å². The molecule has 0 saturated heterocycles. The summed E-state index contributed by atoms with van der Waals surface area (Å²) in [6.45, 7) is 0.0337. The Morgan fingerprint density at radius 1 is 1.33 bits per heavy atom. The highest BCUT2D eigenvalue weighted by molar-refractivity contribution is 14.0. The lowest BCUT2D eigenvalue weighted by atomic mass is 10.3. The summed E-state index contributed by atoms with van der Waals surface area (Å²) in [6.07, 6.45) is -3.67. The van der Waals surface area contributed by atoms with Gasteiger partial charge < -0.3 is 15.5 Å². The number of aromatic nitrogens is 3. The maximum Gasteiger partial charge on any atom is 0.417 e. The van der Waals surface area contributed by atoms with Crippen molar-refractivity contribution in [1.82, 2.24) is 30.1 Å². The van der Waals surface area contributed by atoms with E-state index in [9.17, 15) is 18.0 Å². The fourth-order valence-corrected chi connectivity index (χ4v) is 2.22. The van der Waals surface area contributed by atoms with Crippen molar-refractivity contribution >= 4 is 53.1 Å². The third-order valence-corrected chi connectivity index (χ3v) is 3.68. The molecule has 0 aliphatic carbocycles. The average molecular weight is 520 g/mol. The van der Waals surface area contributed by atoms with Crippen molar-refractivity contribution in [3.8, 4) is 0 Å². The largest absolute Gasteiger partial charge is 0.417 e. The zero-order chi connectivity index (χ0) is 19.5. The van der Waals surface area contributed by atoms with E-state index in [4.69, 9.17) is 11.6 Å². The molecule has 0 saturated carbocycles. The van der Waals surface area contributed by atoms with Gasteiger partial charge in [0.1, 0.15) is 0 Å². The van der Waals surface area contributed by atoms with Gasteiger partial charge in [-0.15, -0.1) is 34.2 Å². The summed E-state index contributed by atoms with van der Waals surface area (Å²) in [4.78, 5) is 16.9. The van der Waals surface area contributed by atoms with Crippen molar-refractivity contribution in [2.45, 2.75) is 12.7 Å². The molecule has 2 aromatic heterocycles. The number of aliphatic imine (C=N–C) groups is 1. The van der Waals surface area contributed by atoms with E-state index in [1.165, 1.54) is 11.9 Å². The summed E-state index contributed by atoms with van der Waals surface area (Å²) in [5, 5.41) is 13.1. The van der Waals surface area contributed by atoms with E-state index in [0.717, 1.165) is 16.7 Å². The van der Waals surface area contributed by atoms with Gasteiger partial charge in [0.25, 0.3) is 0 Å². The molecular weight excluding hydrogens is 502 g/mol. The quantitative estimate of drug-likeness (QED) is 0.365. The number of alkyl halides is 3. The van der Waals surface area contributed by atoms with Gasteiger partial charge >= 0.3 is 6.18 Å². The van der Waals surface area contributed by atoms with Crippen LogP contribution in [-0.2, 0) is 17.5 Å². The summed E-state index contributed by atoms with van der Waals surface area (Å²) in [7, 11) is 4.73. The summed E-state index contributed by atoms with van der Waals surface area (Å²) in [6, 6.07) is 0.802. The monoisotopic (exact) mass is 519 g/mol. The first kappa shape index (κ1) is 23.2. The minimum atomic E-state index is -4.54. The third kappa shape index (κ3) is 5.82. The number of hydrogen-bond acceptors (Lipinski definition) is 4. The second-order valence-electron chi connectivity index (χ2n) is 5.45. The zero-order valence-corrected chi connectivity index (χ0v) is 17.7. The van der Waals surface area contributed by atoms with Crippen LogP contribution in [0, 0.1) is 0 Å². The number of likely N-dealkylation sites (N-methyl/N-ethyl adjacent to an activating group) is 1. The van der Waals surface area contributed by atoms with Crippen LogP contribution in [0.1, 0.15) is 11.4 Å². The fourth-order valence-electron chi connectivity index (χ4n) is 1.98. The molecule has 2 aromatic rings. The second-order valence-corrected chi connectivity index (χ2v) is 5.86. The first-order valence-corrected chi connectivity index (χ1v) is 7.76. The molecule has 0 aliphatic rings. The van der Waals surface area contributed by atoms with E-state index in [2.05, 4.69) is 25.8 Å². The summed E-state index contributed by atoms with van der Waals surface area (Å²) in [5.41, 5.74) is -0.794. The van der Waals surface area contributed by atoms with Gasteiger partial charge in [-0.2, -0.15) is 13.2 Å². The predicted molar refractivity (Wildman–Crippen MR) is 105 cm³/mol. The molecule has 8 nitrogen and oxygen atoms in total. The number of nitrogens with one attached hydrogen (secondary N) is 2. The van der Waals surface area contributed by atoms with Crippen molar-refractivity contribution in [1.29, 1.82) is 0 Å². The molecule has 0 bridgehead atoms. The number of guanidine groups is 1. The standard InChI is InChI=1S/C14H17ClF3N7O.HI/c1-19-13(21-6-11(26)24(2)3)20-5-10-22-23-12-9(15)4-8(7-25(10)12)14(16,17)18;/h4,7H,5-6H2,1-3H3,(H2,19,20,21);1H. The van der Waals surface area contributed by atoms with E-state index in [-0.39, 0.29) is 65.4 Å². The molecule has 27 heavy (non-hydrogen) atoms. The first-order valence-electron chi connectivity index (χ1n) is 7.38. The van der Waals surface area contributed by atoms with Gasteiger partial charge in [-0.05, 0) is 6.07 Å². The SMILES string of the molecule is CN=C(NCC(=O)N(C)C)NCc1nnc2c(Cl)cc(C(F)(F)F)cn12.I. The van der Waals surface area contributed by atoms with Gasteiger partial charge in [-0.3, -0.25) is 14.2 Å². The molecule has 0 atom stereocenters. The summed E-state index contributed by atoms with van der Waals surface area (Å²) >= 11 is 5.86. The van der Waals surface area contributed by atoms with Crippen LogP contribution >= 0.6 is 35.6 Å². The molecule has 0 fully saturated rings. The maximum absolute atomic E-state index is 13.0. The Labute approximate surface area is 175 Å². The van der Waals surface area contributed by atoms with Crippen molar-refractivity contribution in [2.75, 3.05) is 27.7 Å². The first-order chi connectivity index (χ1) is 12.1. The van der Waals surface area contributed by atoms with E-state index >= 15 is 0 Å². The van der Waals surface area contributed by atoms with E-state index in [1.807, 2.05) is 0 Å². The number of halogens is 5. The number of fused-ring (bicyclic) bond motifs is 1. The molecular formula is C14H18ClF3IN7O. The van der Waals surface area contributed by atoms with Crippen LogP contribution in [0.15, 0.2) is 17.3 Å². The van der Waals surface area contributed by atoms with Gasteiger partial charge in [0.05, 0.1) is 23.7 Å². The van der Waals surface area contributed by atoms with E-state index < -0.39 is 11.7 Å². The number of hydrogen-bond donors (Lipinski definition) is 2. The number of carbonyl (C=O) groups excluding carboxylic acids is 1. The number of rotatable bonds is 4. The smallest absolute Gasteiger partial charge is 0.349 e. The van der Waals surface area contributed by atoms with Crippen LogP contribution in [-0.4, -0.2) is 59.1 Å². The molecule has 1 amide bonds. The van der Waals surface area contributed by atoms with Crippen molar-refractivity contribution in [3.05, 3.63) is 28.7 Å².